The van der Waals surface area contributed by atoms with Crippen LogP contribution in [0.3, 0.4) is 0 Å². The van der Waals surface area contributed by atoms with Crippen LogP contribution in [0.1, 0.15) is 20.8 Å². The van der Waals surface area contributed by atoms with Gasteiger partial charge in [0.05, 0.1) is 0 Å². The summed E-state index contributed by atoms with van der Waals surface area (Å²) in [6.07, 6.45) is 2.58. The highest BCUT2D eigenvalue weighted by Crippen LogP contribution is 1.50. The van der Waals surface area contributed by atoms with Crippen LogP contribution in [0.4, 0.5) is 0 Å². The minimum absolute atomic E-state index is 0.167. The van der Waals surface area contributed by atoms with E-state index in [2.05, 4.69) is 6.58 Å². The number of carbonyl (C=O) groups is 4. The van der Waals surface area contributed by atoms with Crippen LogP contribution < -0.4 is 0 Å². The predicted octanol–water partition coefficient (Wildman–Crippen LogP) is 0.987. The van der Waals surface area contributed by atoms with Crippen molar-refractivity contribution in [2.24, 2.45) is 0 Å². The van der Waals surface area contributed by atoms with E-state index in [4.69, 9.17) is 14.4 Å². The third kappa shape index (κ3) is 2200. The number of rotatable bonds is 1. The molecule has 0 aliphatic rings. The standard InChI is InChI=1S/C3H6O.C3H4O.C2H4O.CH2O/c1-3(2)4;1-2-3-4;1-2-3;1-2/h1-2H3;2-3H,1H2;2H,1H3;1H2. The third-order valence-corrected chi connectivity index (χ3v) is 0.0962. The summed E-state index contributed by atoms with van der Waals surface area (Å²) in [7, 11) is 0. The maximum absolute atomic E-state index is 9.44. The minimum Gasteiger partial charge on any atom is -0.307 e. The summed E-state index contributed by atoms with van der Waals surface area (Å²) >= 11 is 0. The maximum atomic E-state index is 9.44. The van der Waals surface area contributed by atoms with E-state index >= 15 is 0 Å². The number of ketones is 1. The molecular weight excluding hydrogens is 172 g/mol. The quantitative estimate of drug-likeness (QED) is 0.454. The van der Waals surface area contributed by atoms with Crippen molar-refractivity contribution in [3.63, 3.8) is 0 Å². The monoisotopic (exact) mass is 188 g/mol. The fraction of sp³-hybridized carbons (Fsp3) is 0.333. The SMILES string of the molecule is C=CC=O.C=O.CC(C)=O.CC=O. The molecule has 0 unspecified atom stereocenters. The molecule has 0 saturated heterocycles. The lowest BCUT2D eigenvalue weighted by molar-refractivity contribution is -0.115. The molecule has 0 amide bonds. The lowest BCUT2D eigenvalue weighted by Crippen LogP contribution is -1.69. The zero-order chi connectivity index (χ0) is 11.7. The fourth-order valence-electron chi connectivity index (χ4n) is 0. The van der Waals surface area contributed by atoms with Crippen LogP contribution in [0.25, 0.3) is 0 Å². The van der Waals surface area contributed by atoms with Crippen molar-refractivity contribution >= 4 is 25.1 Å². The van der Waals surface area contributed by atoms with Crippen LogP contribution in [-0.2, 0) is 19.2 Å². The summed E-state index contributed by atoms with van der Waals surface area (Å²) in [5.74, 6) is 0.167. The molecule has 13 heavy (non-hydrogen) atoms. The molecule has 0 spiro atoms. The summed E-state index contributed by atoms with van der Waals surface area (Å²) < 4.78 is 0. The van der Waals surface area contributed by atoms with Gasteiger partial charge < -0.3 is 14.4 Å². The molecule has 4 nitrogen and oxygen atoms in total. The Labute approximate surface area is 78.6 Å². The molecule has 76 valence electrons. The van der Waals surface area contributed by atoms with Crippen molar-refractivity contribution in [2.75, 3.05) is 0 Å². The largest absolute Gasteiger partial charge is 0.307 e. The Bertz CT molecular complexity index is 120. The van der Waals surface area contributed by atoms with Crippen LogP contribution >= 0.6 is 0 Å². The third-order valence-electron chi connectivity index (χ3n) is 0.0962. The van der Waals surface area contributed by atoms with Crippen LogP contribution in [0.15, 0.2) is 12.7 Å². The van der Waals surface area contributed by atoms with E-state index in [1.165, 1.54) is 26.8 Å². The van der Waals surface area contributed by atoms with E-state index < -0.39 is 0 Å². The zero-order valence-electron chi connectivity index (χ0n) is 8.28. The summed E-state index contributed by atoms with van der Waals surface area (Å²) in [6, 6.07) is 0. The molecule has 0 rings (SSSR count). The van der Waals surface area contributed by atoms with Gasteiger partial charge in [-0.15, -0.1) is 0 Å². The first-order chi connectivity index (χ1) is 6.06. The number of carbonyl (C=O) groups excluding carboxylic acids is 4. The Morgan fingerprint density at radius 3 is 1.23 bits per heavy atom. The Morgan fingerprint density at radius 2 is 1.23 bits per heavy atom. The van der Waals surface area contributed by atoms with Gasteiger partial charge in [-0.05, 0) is 26.8 Å². The van der Waals surface area contributed by atoms with Crippen molar-refractivity contribution in [2.45, 2.75) is 20.8 Å². The van der Waals surface area contributed by atoms with Crippen LogP contribution in [0.2, 0.25) is 0 Å². The average molecular weight is 188 g/mol. The molecule has 0 bridgehead atoms. The van der Waals surface area contributed by atoms with Crippen molar-refractivity contribution in [3.8, 4) is 0 Å². The zero-order valence-corrected chi connectivity index (χ0v) is 8.28. The summed E-state index contributed by atoms with van der Waals surface area (Å²) in [6.45, 7) is 9.61. The fourth-order valence-corrected chi connectivity index (χ4v) is 0. The van der Waals surface area contributed by atoms with E-state index in [1.807, 2.05) is 6.79 Å². The number of allylic oxidation sites excluding steroid dienone is 1. The van der Waals surface area contributed by atoms with E-state index in [0.717, 1.165) is 6.29 Å². The predicted molar refractivity (Wildman–Crippen MR) is 51.5 cm³/mol. The second-order valence-corrected chi connectivity index (χ2v) is 1.52. The van der Waals surface area contributed by atoms with Gasteiger partial charge in [-0.1, -0.05) is 6.58 Å². The summed E-state index contributed by atoms with van der Waals surface area (Å²) in [5, 5.41) is 0. The van der Waals surface area contributed by atoms with Crippen molar-refractivity contribution < 1.29 is 19.2 Å². The Hall–Kier alpha value is -1.58. The average Bonchev–Trinajstić information content (AvgIpc) is 2.08. The highest BCUT2D eigenvalue weighted by Gasteiger charge is 1.62. The summed E-state index contributed by atoms with van der Waals surface area (Å²) in [4.78, 5) is 35.3. The first kappa shape index (κ1) is 22.5. The number of hydrogen-bond donors (Lipinski definition) is 0. The lowest BCUT2D eigenvalue weighted by Gasteiger charge is -1.56. The Morgan fingerprint density at radius 1 is 1.15 bits per heavy atom. The molecule has 0 aromatic rings. The first-order valence-electron chi connectivity index (χ1n) is 3.28. The van der Waals surface area contributed by atoms with Gasteiger partial charge in [0.2, 0.25) is 0 Å². The molecule has 0 atom stereocenters. The van der Waals surface area contributed by atoms with Gasteiger partial charge in [-0.25, -0.2) is 0 Å². The number of aldehydes is 2. The van der Waals surface area contributed by atoms with Gasteiger partial charge in [0.25, 0.3) is 0 Å². The van der Waals surface area contributed by atoms with Gasteiger partial charge in [0.1, 0.15) is 25.1 Å². The van der Waals surface area contributed by atoms with E-state index in [0.29, 0.717) is 6.29 Å². The molecule has 0 aliphatic heterocycles. The van der Waals surface area contributed by atoms with E-state index in [9.17, 15) is 4.79 Å². The van der Waals surface area contributed by atoms with Gasteiger partial charge >= 0.3 is 0 Å². The van der Waals surface area contributed by atoms with Crippen molar-refractivity contribution in [1.82, 2.24) is 0 Å². The molecule has 0 aromatic carbocycles. The first-order valence-corrected chi connectivity index (χ1v) is 3.28. The van der Waals surface area contributed by atoms with Crippen LogP contribution in [0.5, 0.6) is 0 Å². The Balaban J connectivity index is -0.0000000431. The normalized spacial score (nSPS) is 4.85. The lowest BCUT2D eigenvalue weighted by atomic mass is 10.6. The second kappa shape index (κ2) is 47.3. The highest BCUT2D eigenvalue weighted by atomic mass is 16.1. The molecule has 0 aromatic heterocycles. The molecule has 0 saturated carbocycles. The Kier molecular flexibility index (Phi) is 82.0. The smallest absolute Gasteiger partial charge is 0.142 e. The minimum atomic E-state index is 0.167. The summed E-state index contributed by atoms with van der Waals surface area (Å²) in [5.41, 5.74) is 0. The number of Topliss-reactive ketones (excluding diaryl/α,β-unsaturated/α-hetero) is 1. The topological polar surface area (TPSA) is 68.3 Å². The molecule has 0 N–H and O–H groups in total. The van der Waals surface area contributed by atoms with Gasteiger partial charge in [0, 0.05) is 0 Å². The maximum Gasteiger partial charge on any atom is 0.142 e. The molecular formula is C9H16O4. The van der Waals surface area contributed by atoms with E-state index in [-0.39, 0.29) is 5.78 Å². The van der Waals surface area contributed by atoms with Gasteiger partial charge in [-0.2, -0.15) is 0 Å². The molecule has 0 fully saturated rings. The second-order valence-electron chi connectivity index (χ2n) is 1.52. The number of hydrogen-bond acceptors (Lipinski definition) is 4. The van der Waals surface area contributed by atoms with Crippen LogP contribution in [0, 0.1) is 0 Å². The van der Waals surface area contributed by atoms with Gasteiger partial charge in [0.15, 0.2) is 0 Å². The molecule has 0 aliphatic carbocycles. The van der Waals surface area contributed by atoms with Crippen molar-refractivity contribution in [1.29, 1.82) is 0 Å². The molecule has 4 heteroatoms. The van der Waals surface area contributed by atoms with E-state index in [1.54, 1.807) is 0 Å². The van der Waals surface area contributed by atoms with Gasteiger partial charge in [-0.3, -0.25) is 4.79 Å². The van der Waals surface area contributed by atoms with Crippen LogP contribution in [-0.4, -0.2) is 25.1 Å². The molecule has 0 radical (unpaired) electrons. The molecule has 0 heterocycles. The van der Waals surface area contributed by atoms with Crippen molar-refractivity contribution in [3.05, 3.63) is 12.7 Å². The highest BCUT2D eigenvalue weighted by molar-refractivity contribution is 5.72.